The molecule has 0 aliphatic carbocycles. The monoisotopic (exact) mass is 533 g/mol. The lowest BCUT2D eigenvalue weighted by Crippen LogP contribution is -2.38. The number of esters is 1. The highest BCUT2D eigenvalue weighted by molar-refractivity contribution is 8.26. The summed E-state index contributed by atoms with van der Waals surface area (Å²) < 4.78 is 17.4. The molecule has 1 aliphatic heterocycles. The van der Waals surface area contributed by atoms with Crippen LogP contribution in [0.15, 0.2) is 83.8 Å². The van der Waals surface area contributed by atoms with E-state index in [1.54, 1.807) is 25.1 Å². The molecule has 0 radical (unpaired) electrons. The smallest absolute Gasteiger partial charge is 0.333 e. The Morgan fingerprint density at radius 3 is 2.32 bits per heavy atom. The van der Waals surface area contributed by atoms with Gasteiger partial charge < -0.3 is 14.2 Å². The summed E-state index contributed by atoms with van der Waals surface area (Å²) in [6.45, 7) is 4.70. The van der Waals surface area contributed by atoms with Gasteiger partial charge in [-0.15, -0.1) is 0 Å². The molecule has 6 nitrogen and oxygen atoms in total. The third-order valence-electron chi connectivity index (χ3n) is 5.51. The van der Waals surface area contributed by atoms with Crippen LogP contribution in [0.3, 0.4) is 0 Å². The molecule has 0 N–H and O–H groups in total. The minimum absolute atomic E-state index is 0.200. The molecule has 3 aromatic carbocycles. The lowest BCUT2D eigenvalue weighted by molar-refractivity contribution is -0.151. The van der Waals surface area contributed by atoms with Crippen LogP contribution in [0.1, 0.15) is 36.6 Å². The number of hydrogen-bond acceptors (Lipinski definition) is 7. The van der Waals surface area contributed by atoms with E-state index in [0.717, 1.165) is 22.9 Å². The fraction of sp³-hybridized carbons (Fsp3) is 0.207. The lowest BCUT2D eigenvalue weighted by atomic mass is 10.1. The van der Waals surface area contributed by atoms with Gasteiger partial charge in [-0.2, -0.15) is 0 Å². The van der Waals surface area contributed by atoms with Crippen molar-refractivity contribution in [1.29, 1.82) is 0 Å². The van der Waals surface area contributed by atoms with Crippen LogP contribution in [-0.4, -0.2) is 34.3 Å². The van der Waals surface area contributed by atoms with Gasteiger partial charge in [0.15, 0.2) is 17.5 Å². The van der Waals surface area contributed by atoms with Gasteiger partial charge in [0.2, 0.25) is 0 Å². The molecule has 0 saturated carbocycles. The topological polar surface area (TPSA) is 65.1 Å². The number of carbonyl (C=O) groups excluding carboxylic acids is 2. The van der Waals surface area contributed by atoms with Crippen LogP contribution < -0.4 is 9.47 Å². The fourth-order valence-electron chi connectivity index (χ4n) is 3.84. The predicted molar refractivity (Wildman–Crippen MR) is 149 cm³/mol. The molecule has 8 heteroatoms. The number of rotatable bonds is 10. The maximum absolute atomic E-state index is 13.5. The summed E-state index contributed by atoms with van der Waals surface area (Å²) in [6.07, 6.45) is 1.75. The summed E-state index contributed by atoms with van der Waals surface area (Å²) in [5.74, 6) is 0.322. The Labute approximate surface area is 226 Å². The quantitative estimate of drug-likeness (QED) is 0.175. The van der Waals surface area contributed by atoms with Crippen LogP contribution in [0.5, 0.6) is 11.5 Å². The molecule has 1 fully saturated rings. The minimum Gasteiger partial charge on any atom is -0.490 e. The van der Waals surface area contributed by atoms with E-state index in [4.69, 9.17) is 26.4 Å². The number of nitrogens with zero attached hydrogens (tertiary/aromatic N) is 1. The molecule has 3 aromatic rings. The number of thiocarbonyl (C=S) groups is 1. The van der Waals surface area contributed by atoms with Crippen molar-refractivity contribution >= 4 is 46.3 Å². The molecule has 1 saturated heterocycles. The van der Waals surface area contributed by atoms with Crippen molar-refractivity contribution < 1.29 is 23.8 Å². The maximum Gasteiger partial charge on any atom is 0.333 e. The van der Waals surface area contributed by atoms with Crippen molar-refractivity contribution in [2.75, 3.05) is 13.2 Å². The molecule has 0 bridgehead atoms. The Morgan fingerprint density at radius 2 is 1.65 bits per heavy atom. The number of ether oxygens (including phenoxy) is 3. The van der Waals surface area contributed by atoms with Gasteiger partial charge in [-0.25, -0.2) is 4.79 Å². The highest BCUT2D eigenvalue weighted by Gasteiger charge is 2.42. The number of benzene rings is 3. The Morgan fingerprint density at radius 1 is 0.946 bits per heavy atom. The number of carbonyl (C=O) groups is 2. The second-order valence-electron chi connectivity index (χ2n) is 8.03. The van der Waals surface area contributed by atoms with Gasteiger partial charge in [-0.3, -0.25) is 9.69 Å². The lowest BCUT2D eigenvalue weighted by Gasteiger charge is -2.25. The maximum atomic E-state index is 13.5. The highest BCUT2D eigenvalue weighted by Crippen LogP contribution is 2.39. The van der Waals surface area contributed by atoms with Crippen molar-refractivity contribution in [3.8, 4) is 11.5 Å². The van der Waals surface area contributed by atoms with Crippen LogP contribution in [-0.2, 0) is 20.9 Å². The van der Waals surface area contributed by atoms with Crippen molar-refractivity contribution in [3.05, 3.63) is 100 Å². The minimum atomic E-state index is -0.952. The molecule has 1 atom stereocenters. The Balaban J connectivity index is 1.59. The molecule has 1 aliphatic rings. The van der Waals surface area contributed by atoms with E-state index in [1.807, 2.05) is 73.7 Å². The van der Waals surface area contributed by atoms with Crippen LogP contribution in [0.25, 0.3) is 6.08 Å². The first kappa shape index (κ1) is 26.4. The van der Waals surface area contributed by atoms with E-state index in [2.05, 4.69) is 0 Å². The third kappa shape index (κ3) is 6.39. The molecule has 0 aromatic heterocycles. The molecule has 1 amide bonds. The molecule has 4 rings (SSSR count). The molecular weight excluding hydrogens is 506 g/mol. The zero-order valence-corrected chi connectivity index (χ0v) is 22.2. The summed E-state index contributed by atoms with van der Waals surface area (Å²) in [5.41, 5.74) is 2.44. The second-order valence-corrected chi connectivity index (χ2v) is 9.71. The normalized spacial score (nSPS) is 15.1. The Kier molecular flexibility index (Phi) is 8.98. The number of amides is 1. The standard InChI is InChI=1S/C29H27NO5S2/c1-3-33-24-17-21(15-16-23(24)35-19-20-11-7-5-8-12-20)18-25-27(31)30(29(36)37-25)26(28(32)34-4-2)22-13-9-6-10-14-22/h5-18,26H,3-4,19H2,1-2H3/b25-18-. The van der Waals surface area contributed by atoms with E-state index in [1.165, 1.54) is 4.90 Å². The highest BCUT2D eigenvalue weighted by atomic mass is 32.2. The van der Waals surface area contributed by atoms with Crippen molar-refractivity contribution in [2.45, 2.75) is 26.5 Å². The van der Waals surface area contributed by atoms with Crippen LogP contribution in [0, 0.1) is 0 Å². The zero-order valence-electron chi connectivity index (χ0n) is 20.6. The molecule has 1 unspecified atom stereocenters. The van der Waals surface area contributed by atoms with E-state index in [0.29, 0.717) is 39.5 Å². The Hall–Kier alpha value is -3.62. The molecule has 1 heterocycles. The summed E-state index contributed by atoms with van der Waals surface area (Å²) in [5, 5.41) is 0. The van der Waals surface area contributed by atoms with Gasteiger partial charge in [0.1, 0.15) is 10.9 Å². The largest absolute Gasteiger partial charge is 0.490 e. The first-order valence-corrected chi connectivity index (χ1v) is 13.2. The second kappa shape index (κ2) is 12.6. The van der Waals surface area contributed by atoms with Crippen LogP contribution in [0.2, 0.25) is 0 Å². The predicted octanol–water partition coefficient (Wildman–Crippen LogP) is 6.17. The van der Waals surface area contributed by atoms with Gasteiger partial charge >= 0.3 is 5.97 Å². The average Bonchev–Trinajstić information content (AvgIpc) is 3.18. The summed E-state index contributed by atoms with van der Waals surface area (Å²) in [6, 6.07) is 23.5. The molecule has 0 spiro atoms. The average molecular weight is 534 g/mol. The van der Waals surface area contributed by atoms with Crippen molar-refractivity contribution in [2.24, 2.45) is 0 Å². The SMILES string of the molecule is CCOC(=O)C(c1ccccc1)N1C(=O)/C(=C/c2ccc(OCc3ccccc3)c(OCC)c2)SC1=S. The van der Waals surface area contributed by atoms with E-state index in [9.17, 15) is 9.59 Å². The first-order chi connectivity index (χ1) is 18.0. The van der Waals surface area contributed by atoms with E-state index < -0.39 is 12.0 Å². The number of thioether (sulfide) groups is 1. The Bertz CT molecular complexity index is 1290. The summed E-state index contributed by atoms with van der Waals surface area (Å²) in [7, 11) is 0. The van der Waals surface area contributed by atoms with Crippen LogP contribution >= 0.6 is 24.0 Å². The fourth-order valence-corrected chi connectivity index (χ4v) is 5.15. The van der Waals surface area contributed by atoms with E-state index in [-0.39, 0.29) is 12.5 Å². The zero-order chi connectivity index (χ0) is 26.2. The van der Waals surface area contributed by atoms with Crippen molar-refractivity contribution in [3.63, 3.8) is 0 Å². The van der Waals surface area contributed by atoms with Gasteiger partial charge in [0, 0.05) is 0 Å². The molecule has 190 valence electrons. The van der Waals surface area contributed by atoms with Gasteiger partial charge in [0.25, 0.3) is 5.91 Å². The van der Waals surface area contributed by atoms with Gasteiger partial charge in [-0.05, 0) is 48.7 Å². The van der Waals surface area contributed by atoms with Crippen molar-refractivity contribution in [1.82, 2.24) is 4.90 Å². The number of hydrogen-bond donors (Lipinski definition) is 0. The summed E-state index contributed by atoms with van der Waals surface area (Å²) >= 11 is 6.69. The van der Waals surface area contributed by atoms with Gasteiger partial charge in [0.05, 0.1) is 18.1 Å². The van der Waals surface area contributed by atoms with E-state index >= 15 is 0 Å². The third-order valence-corrected chi connectivity index (χ3v) is 6.84. The van der Waals surface area contributed by atoms with Gasteiger partial charge in [-0.1, -0.05) is 90.7 Å². The molecular formula is C29H27NO5S2. The molecule has 37 heavy (non-hydrogen) atoms. The first-order valence-electron chi connectivity index (χ1n) is 11.9. The van der Waals surface area contributed by atoms with Crippen LogP contribution in [0.4, 0.5) is 0 Å². The summed E-state index contributed by atoms with van der Waals surface area (Å²) in [4.78, 5) is 28.1.